The summed E-state index contributed by atoms with van der Waals surface area (Å²) in [6.07, 6.45) is 3.52. The van der Waals surface area contributed by atoms with Crippen molar-refractivity contribution in [3.8, 4) is 6.07 Å². The van der Waals surface area contributed by atoms with Gasteiger partial charge in [0.2, 0.25) is 0 Å². The first-order chi connectivity index (χ1) is 12.3. The molecule has 0 saturated carbocycles. The van der Waals surface area contributed by atoms with Crippen molar-refractivity contribution in [2.24, 2.45) is 0 Å². The Hall–Kier alpha value is -2.97. The van der Waals surface area contributed by atoms with Crippen LogP contribution in [0.25, 0.3) is 10.9 Å². The van der Waals surface area contributed by atoms with Crippen molar-refractivity contribution < 1.29 is 4.74 Å². The number of morpholine rings is 1. The predicted molar refractivity (Wildman–Crippen MR) is 96.3 cm³/mol. The molecular weight excluding hydrogens is 312 g/mol. The Kier molecular flexibility index (Phi) is 4.04. The third-order valence-corrected chi connectivity index (χ3v) is 4.67. The molecule has 1 aliphatic heterocycles. The monoisotopic (exact) mass is 330 g/mol. The SMILES string of the molecule is Cc1c(C#N)c(N2CCOC(c3cccnc3)C2)nc2ccccc12. The highest BCUT2D eigenvalue weighted by molar-refractivity contribution is 5.87. The van der Waals surface area contributed by atoms with Crippen molar-refractivity contribution >= 4 is 16.7 Å². The van der Waals surface area contributed by atoms with E-state index in [1.54, 1.807) is 6.20 Å². The second-order valence-corrected chi connectivity index (χ2v) is 6.16. The molecule has 3 heterocycles. The highest BCUT2D eigenvalue weighted by Gasteiger charge is 2.26. The number of para-hydroxylation sites is 1. The number of benzene rings is 1. The molecule has 0 radical (unpaired) electrons. The maximum atomic E-state index is 9.71. The van der Waals surface area contributed by atoms with E-state index in [2.05, 4.69) is 16.0 Å². The van der Waals surface area contributed by atoms with E-state index >= 15 is 0 Å². The van der Waals surface area contributed by atoms with E-state index in [-0.39, 0.29) is 6.10 Å². The fourth-order valence-electron chi connectivity index (χ4n) is 3.33. The van der Waals surface area contributed by atoms with Gasteiger partial charge in [0.1, 0.15) is 18.0 Å². The lowest BCUT2D eigenvalue weighted by Crippen LogP contribution is -2.39. The minimum absolute atomic E-state index is 0.0671. The summed E-state index contributed by atoms with van der Waals surface area (Å²) >= 11 is 0. The molecule has 1 unspecified atom stereocenters. The van der Waals surface area contributed by atoms with Crippen molar-refractivity contribution in [3.05, 3.63) is 65.5 Å². The Morgan fingerprint density at radius 1 is 1.24 bits per heavy atom. The third kappa shape index (κ3) is 2.81. The van der Waals surface area contributed by atoms with Crippen LogP contribution >= 0.6 is 0 Å². The molecule has 25 heavy (non-hydrogen) atoms. The van der Waals surface area contributed by atoms with Crippen LogP contribution in [0.1, 0.15) is 22.8 Å². The van der Waals surface area contributed by atoms with Crippen LogP contribution < -0.4 is 4.90 Å². The highest BCUT2D eigenvalue weighted by atomic mass is 16.5. The molecule has 124 valence electrons. The highest BCUT2D eigenvalue weighted by Crippen LogP contribution is 2.31. The molecule has 1 fully saturated rings. The van der Waals surface area contributed by atoms with Crippen LogP contribution in [0.3, 0.4) is 0 Å². The predicted octanol–water partition coefficient (Wildman–Crippen LogP) is 3.39. The molecule has 0 aliphatic carbocycles. The number of aryl methyl sites for hydroxylation is 1. The molecule has 1 atom stereocenters. The summed E-state index contributed by atoms with van der Waals surface area (Å²) in [6.45, 7) is 3.96. The fraction of sp³-hybridized carbons (Fsp3) is 0.250. The lowest BCUT2D eigenvalue weighted by atomic mass is 10.0. The normalized spacial score (nSPS) is 17.4. The molecular formula is C20H18N4O. The number of nitrogens with zero attached hydrogens (tertiary/aromatic N) is 4. The smallest absolute Gasteiger partial charge is 0.147 e. The molecule has 5 nitrogen and oxygen atoms in total. The first-order valence-electron chi connectivity index (χ1n) is 8.34. The number of hydrogen-bond acceptors (Lipinski definition) is 5. The molecule has 0 amide bonds. The Balaban J connectivity index is 1.75. The topological polar surface area (TPSA) is 62.0 Å². The van der Waals surface area contributed by atoms with Crippen LogP contribution in [-0.4, -0.2) is 29.7 Å². The van der Waals surface area contributed by atoms with Crippen LogP contribution in [0.4, 0.5) is 5.82 Å². The number of aromatic nitrogens is 2. The van der Waals surface area contributed by atoms with Gasteiger partial charge in [0.05, 0.1) is 17.7 Å². The average Bonchev–Trinajstić information content (AvgIpc) is 2.69. The number of anilines is 1. The van der Waals surface area contributed by atoms with Crippen molar-refractivity contribution in [1.29, 1.82) is 5.26 Å². The molecule has 0 N–H and O–H groups in total. The second-order valence-electron chi connectivity index (χ2n) is 6.16. The maximum absolute atomic E-state index is 9.71. The van der Waals surface area contributed by atoms with Crippen molar-refractivity contribution in [1.82, 2.24) is 9.97 Å². The van der Waals surface area contributed by atoms with Gasteiger partial charge in [-0.25, -0.2) is 4.98 Å². The molecule has 5 heteroatoms. The Bertz CT molecular complexity index is 949. The molecule has 2 aromatic heterocycles. The zero-order chi connectivity index (χ0) is 17.2. The zero-order valence-electron chi connectivity index (χ0n) is 14.0. The Morgan fingerprint density at radius 2 is 2.12 bits per heavy atom. The van der Waals surface area contributed by atoms with Crippen molar-refractivity contribution in [2.45, 2.75) is 13.0 Å². The first-order valence-corrected chi connectivity index (χ1v) is 8.34. The van der Waals surface area contributed by atoms with Gasteiger partial charge in [-0.2, -0.15) is 5.26 Å². The molecule has 3 aromatic rings. The van der Waals surface area contributed by atoms with Gasteiger partial charge in [-0.05, 0) is 24.6 Å². The summed E-state index contributed by atoms with van der Waals surface area (Å²) in [5.41, 5.74) is 3.58. The lowest BCUT2D eigenvalue weighted by molar-refractivity contribution is 0.0393. The number of rotatable bonds is 2. The van der Waals surface area contributed by atoms with E-state index < -0.39 is 0 Å². The average molecular weight is 330 g/mol. The Morgan fingerprint density at radius 3 is 2.92 bits per heavy atom. The molecule has 1 aliphatic rings. The minimum atomic E-state index is -0.0671. The van der Waals surface area contributed by atoms with Gasteiger partial charge in [0, 0.05) is 36.4 Å². The fourth-order valence-corrected chi connectivity index (χ4v) is 3.33. The quantitative estimate of drug-likeness (QED) is 0.721. The lowest BCUT2D eigenvalue weighted by Gasteiger charge is -2.34. The molecule has 1 aromatic carbocycles. The van der Waals surface area contributed by atoms with Gasteiger partial charge in [-0.1, -0.05) is 24.3 Å². The number of nitriles is 1. The van der Waals surface area contributed by atoms with Crippen molar-refractivity contribution in [2.75, 3.05) is 24.6 Å². The van der Waals surface area contributed by atoms with Gasteiger partial charge < -0.3 is 9.64 Å². The summed E-state index contributed by atoms with van der Waals surface area (Å²) < 4.78 is 5.91. The Labute approximate surface area is 146 Å². The largest absolute Gasteiger partial charge is 0.370 e. The summed E-state index contributed by atoms with van der Waals surface area (Å²) in [4.78, 5) is 11.1. The van der Waals surface area contributed by atoms with Crippen LogP contribution in [0.2, 0.25) is 0 Å². The van der Waals surface area contributed by atoms with E-state index in [1.165, 1.54) is 0 Å². The minimum Gasteiger partial charge on any atom is -0.370 e. The molecule has 0 spiro atoms. The molecule has 1 saturated heterocycles. The standard InChI is InChI=1S/C20H18N4O/c1-14-16-6-2-3-7-18(16)23-20(17(14)11-21)24-9-10-25-19(13-24)15-5-4-8-22-12-15/h2-8,12,19H,9-10,13H2,1H3. The van der Waals surface area contributed by atoms with Gasteiger partial charge in [-0.15, -0.1) is 0 Å². The third-order valence-electron chi connectivity index (χ3n) is 4.67. The number of pyridine rings is 2. The summed E-state index contributed by atoms with van der Waals surface area (Å²) in [7, 11) is 0. The van der Waals surface area contributed by atoms with Crippen molar-refractivity contribution in [3.63, 3.8) is 0 Å². The van der Waals surface area contributed by atoms with Gasteiger partial charge >= 0.3 is 0 Å². The second kappa shape index (κ2) is 6.50. The zero-order valence-corrected chi connectivity index (χ0v) is 14.0. The first kappa shape index (κ1) is 15.6. The van der Waals surface area contributed by atoms with Gasteiger partial charge in [-0.3, -0.25) is 4.98 Å². The van der Waals surface area contributed by atoms with E-state index in [1.807, 2.05) is 49.5 Å². The number of ether oxygens (including phenoxy) is 1. The van der Waals surface area contributed by atoms with Crippen LogP contribution in [0.15, 0.2) is 48.8 Å². The molecule has 4 rings (SSSR count). The van der Waals surface area contributed by atoms with E-state index in [0.717, 1.165) is 34.4 Å². The van der Waals surface area contributed by atoms with E-state index in [4.69, 9.17) is 9.72 Å². The summed E-state index contributed by atoms with van der Waals surface area (Å²) in [5.74, 6) is 0.746. The summed E-state index contributed by atoms with van der Waals surface area (Å²) in [5, 5.41) is 10.7. The van der Waals surface area contributed by atoms with Gasteiger partial charge in [0.25, 0.3) is 0 Å². The number of hydrogen-bond donors (Lipinski definition) is 0. The maximum Gasteiger partial charge on any atom is 0.147 e. The van der Waals surface area contributed by atoms with E-state index in [9.17, 15) is 5.26 Å². The summed E-state index contributed by atoms with van der Waals surface area (Å²) in [6, 6.07) is 14.2. The van der Waals surface area contributed by atoms with Gasteiger partial charge in [0.15, 0.2) is 0 Å². The molecule has 0 bridgehead atoms. The van der Waals surface area contributed by atoms with Crippen LogP contribution in [0.5, 0.6) is 0 Å². The van der Waals surface area contributed by atoms with Crippen LogP contribution in [0, 0.1) is 18.3 Å². The number of fused-ring (bicyclic) bond motifs is 1. The van der Waals surface area contributed by atoms with Crippen LogP contribution in [-0.2, 0) is 4.74 Å². The van der Waals surface area contributed by atoms with E-state index in [0.29, 0.717) is 18.7 Å².